The van der Waals surface area contributed by atoms with Crippen LogP contribution < -0.4 is 0 Å². The van der Waals surface area contributed by atoms with Gasteiger partial charge in [0.2, 0.25) is 0 Å². The van der Waals surface area contributed by atoms with Crippen molar-refractivity contribution in [3.05, 3.63) is 0 Å². The van der Waals surface area contributed by atoms with E-state index in [1.165, 1.54) is 0 Å². The normalized spacial score (nSPS) is 26.7. The van der Waals surface area contributed by atoms with Crippen molar-refractivity contribution in [2.75, 3.05) is 0 Å². The Labute approximate surface area is 138 Å². The molecule has 2 saturated heterocycles. The summed E-state index contributed by atoms with van der Waals surface area (Å²) in [5.74, 6) is 0. The van der Waals surface area contributed by atoms with Gasteiger partial charge in [-0.15, -0.1) is 0 Å². The lowest BCUT2D eigenvalue weighted by molar-refractivity contribution is 0.00578. The van der Waals surface area contributed by atoms with Gasteiger partial charge in [0.05, 0.1) is 22.4 Å². The van der Waals surface area contributed by atoms with Gasteiger partial charge in [0.15, 0.2) is 0 Å². The van der Waals surface area contributed by atoms with Crippen molar-refractivity contribution in [3.63, 3.8) is 0 Å². The first kappa shape index (κ1) is 22.0. The van der Waals surface area contributed by atoms with E-state index < -0.39 is 14.0 Å². The highest BCUT2D eigenvalue weighted by atomic mass is 16.7. The molecule has 4 nitrogen and oxygen atoms in total. The van der Waals surface area contributed by atoms with E-state index in [9.17, 15) is 0 Å². The zero-order valence-electron chi connectivity index (χ0n) is 16.8. The van der Waals surface area contributed by atoms with Crippen molar-refractivity contribution in [2.45, 2.75) is 105 Å². The maximum absolute atomic E-state index is 5.96. The molecule has 6 heteroatoms. The largest absolute Gasteiger partial charge is 0.488 e. The predicted octanol–water partition coefficient (Wildman–Crippen LogP) is 4.30. The lowest BCUT2D eigenvalue weighted by Gasteiger charge is -2.32. The van der Waals surface area contributed by atoms with Gasteiger partial charge in [0, 0.05) is 0 Å². The molecule has 0 aliphatic carbocycles. The summed E-state index contributed by atoms with van der Waals surface area (Å²) < 4.78 is 23.8. The van der Waals surface area contributed by atoms with Crippen LogP contribution in [-0.4, -0.2) is 36.4 Å². The van der Waals surface area contributed by atoms with E-state index in [1.54, 1.807) is 0 Å². The van der Waals surface area contributed by atoms with Gasteiger partial charge in [-0.2, -0.15) is 0 Å². The second-order valence-corrected chi connectivity index (χ2v) is 7.25. The monoisotopic (exact) mass is 314 g/mol. The van der Waals surface area contributed by atoms with Crippen molar-refractivity contribution in [3.8, 4) is 0 Å². The van der Waals surface area contributed by atoms with Crippen LogP contribution in [0.25, 0.3) is 0 Å². The molecule has 0 spiro atoms. The highest BCUT2D eigenvalue weighted by Gasteiger charge is 2.63. The first-order valence-electron chi connectivity index (χ1n) is 8.59. The third kappa shape index (κ3) is 4.08. The fourth-order valence-electron chi connectivity index (χ4n) is 2.00. The van der Waals surface area contributed by atoms with Gasteiger partial charge < -0.3 is 18.6 Å². The molecule has 0 amide bonds. The smallest absolute Gasteiger partial charge is 0.405 e. The lowest BCUT2D eigenvalue weighted by atomic mass is 9.49. The molecule has 2 heterocycles. The quantitative estimate of drug-likeness (QED) is 0.676. The minimum absolute atomic E-state index is 0.360. The van der Waals surface area contributed by atoms with Gasteiger partial charge in [0.1, 0.15) is 0 Å². The Morgan fingerprint density at radius 3 is 0.682 bits per heavy atom. The first-order valence-corrected chi connectivity index (χ1v) is 8.59. The van der Waals surface area contributed by atoms with Gasteiger partial charge in [-0.3, -0.25) is 0 Å². The van der Waals surface area contributed by atoms with Crippen LogP contribution in [0, 0.1) is 0 Å². The summed E-state index contributed by atoms with van der Waals surface area (Å²) in [6.07, 6.45) is 0. The molecular weight excluding hydrogens is 278 g/mol. The summed E-state index contributed by atoms with van der Waals surface area (Å²) in [6.45, 7) is 24.2. The maximum Gasteiger partial charge on any atom is 0.488 e. The second-order valence-electron chi connectivity index (χ2n) is 7.25. The Bertz CT molecular complexity index is 288. The topological polar surface area (TPSA) is 36.9 Å². The van der Waals surface area contributed by atoms with E-state index >= 15 is 0 Å². The van der Waals surface area contributed by atoms with Crippen LogP contribution in [0.4, 0.5) is 0 Å². The van der Waals surface area contributed by atoms with Gasteiger partial charge in [0.25, 0.3) is 0 Å². The number of hydrogen-bond donors (Lipinski definition) is 0. The second kappa shape index (κ2) is 7.25. The molecule has 130 valence electrons. The maximum atomic E-state index is 5.96. The van der Waals surface area contributed by atoms with Crippen LogP contribution in [0.3, 0.4) is 0 Å². The summed E-state index contributed by atoms with van der Waals surface area (Å²) in [4.78, 5) is 0. The van der Waals surface area contributed by atoms with Crippen molar-refractivity contribution in [2.24, 2.45) is 0 Å². The van der Waals surface area contributed by atoms with Crippen LogP contribution in [0.1, 0.15) is 83.1 Å². The van der Waals surface area contributed by atoms with Crippen LogP contribution >= 0.6 is 0 Å². The lowest BCUT2D eigenvalue weighted by Crippen LogP contribution is -2.41. The first-order chi connectivity index (χ1) is 9.88. The third-order valence-corrected chi connectivity index (χ3v) is 4.77. The summed E-state index contributed by atoms with van der Waals surface area (Å²) in [6, 6.07) is 0. The van der Waals surface area contributed by atoms with E-state index in [1.807, 2.05) is 83.1 Å². The summed E-state index contributed by atoms with van der Waals surface area (Å²) in [5, 5.41) is 0. The molecule has 2 rings (SSSR count). The Morgan fingerprint density at radius 1 is 0.409 bits per heavy atom. The molecule has 0 unspecified atom stereocenters. The molecule has 2 aliphatic rings. The molecule has 0 aromatic rings. The number of hydrogen-bond acceptors (Lipinski definition) is 4. The van der Waals surface area contributed by atoms with Crippen LogP contribution in [0.2, 0.25) is 0 Å². The Balaban J connectivity index is 0.00000102. The molecule has 0 saturated carbocycles. The molecule has 0 N–H and O–H groups in total. The van der Waals surface area contributed by atoms with Gasteiger partial charge >= 0.3 is 14.0 Å². The average molecular weight is 314 g/mol. The van der Waals surface area contributed by atoms with Gasteiger partial charge in [-0.25, -0.2) is 0 Å². The average Bonchev–Trinajstić information content (AvgIpc) is 2.74. The van der Waals surface area contributed by atoms with E-state index in [2.05, 4.69) is 0 Å². The van der Waals surface area contributed by atoms with Crippen LogP contribution in [0.5, 0.6) is 0 Å². The van der Waals surface area contributed by atoms with E-state index in [0.29, 0.717) is 0 Å². The summed E-state index contributed by atoms with van der Waals surface area (Å²) in [7, 11) is -0.952. The Morgan fingerprint density at radius 2 is 0.545 bits per heavy atom. The zero-order chi connectivity index (χ0) is 18.0. The van der Waals surface area contributed by atoms with E-state index in [0.717, 1.165) is 0 Å². The fourth-order valence-corrected chi connectivity index (χ4v) is 2.00. The highest BCUT2D eigenvalue weighted by molar-refractivity contribution is 7.11. The Kier molecular flexibility index (Phi) is 7.24. The Hall–Kier alpha value is -0.0301. The molecule has 22 heavy (non-hydrogen) atoms. The van der Waals surface area contributed by atoms with Crippen molar-refractivity contribution in [1.29, 1.82) is 0 Å². The van der Waals surface area contributed by atoms with Crippen molar-refractivity contribution in [1.82, 2.24) is 0 Å². The van der Waals surface area contributed by atoms with Crippen LogP contribution in [0.15, 0.2) is 0 Å². The molecular formula is C16H36B2O4. The van der Waals surface area contributed by atoms with E-state index in [4.69, 9.17) is 18.6 Å². The molecule has 0 radical (unpaired) electrons. The third-order valence-electron chi connectivity index (χ3n) is 4.77. The van der Waals surface area contributed by atoms with E-state index in [-0.39, 0.29) is 22.4 Å². The zero-order valence-corrected chi connectivity index (χ0v) is 16.8. The standard InChI is InChI=1S/C12H24B2O4.2C2H6/c1-9(2)10(3,4)16-13(15-9)14-17-11(5,6)12(7,8)18-14;2*1-2/h1-8H3;2*1-2H3. The summed E-state index contributed by atoms with van der Waals surface area (Å²) in [5.41, 5.74) is -1.44. The number of rotatable bonds is 1. The molecule has 0 atom stereocenters. The molecule has 2 fully saturated rings. The fraction of sp³-hybridized carbons (Fsp3) is 1.00. The molecule has 0 aromatic carbocycles. The predicted molar refractivity (Wildman–Crippen MR) is 94.9 cm³/mol. The van der Waals surface area contributed by atoms with Crippen LogP contribution in [-0.2, 0) is 18.6 Å². The summed E-state index contributed by atoms with van der Waals surface area (Å²) >= 11 is 0. The molecule has 2 aliphatic heterocycles. The minimum atomic E-state index is -0.476. The SMILES string of the molecule is CC.CC.CC1(C)OB(B2OC(C)(C)C(C)(C)O2)OC1(C)C. The van der Waals surface area contributed by atoms with Crippen molar-refractivity contribution >= 4 is 14.0 Å². The van der Waals surface area contributed by atoms with Crippen molar-refractivity contribution < 1.29 is 18.6 Å². The molecule has 0 bridgehead atoms. The highest BCUT2D eigenvalue weighted by Crippen LogP contribution is 2.42. The van der Waals surface area contributed by atoms with Gasteiger partial charge in [-0.05, 0) is 55.4 Å². The van der Waals surface area contributed by atoms with Gasteiger partial charge in [-0.1, -0.05) is 27.7 Å². The molecule has 0 aromatic heterocycles. The minimum Gasteiger partial charge on any atom is -0.405 e.